The van der Waals surface area contributed by atoms with Crippen LogP contribution >= 0.6 is 0 Å². The third-order valence-corrected chi connectivity index (χ3v) is 4.28. The summed E-state index contributed by atoms with van der Waals surface area (Å²) >= 11 is 0. The van der Waals surface area contributed by atoms with Crippen LogP contribution in [-0.2, 0) is 11.3 Å². The summed E-state index contributed by atoms with van der Waals surface area (Å²) in [7, 11) is 1.77. The molecule has 1 aliphatic rings. The fraction of sp³-hybridized carbons (Fsp3) is 0.579. The zero-order valence-corrected chi connectivity index (χ0v) is 14.1. The molecule has 1 heterocycles. The number of nitrogens with one attached hydrogen (secondary N) is 1. The Balaban J connectivity index is 1.72. The van der Waals surface area contributed by atoms with Gasteiger partial charge in [0, 0.05) is 38.4 Å². The highest BCUT2D eigenvalue weighted by Crippen LogP contribution is 2.19. The molecule has 0 bridgehead atoms. The van der Waals surface area contributed by atoms with E-state index in [9.17, 15) is 0 Å². The van der Waals surface area contributed by atoms with Crippen LogP contribution in [0.5, 0.6) is 5.75 Å². The Labute approximate surface area is 140 Å². The van der Waals surface area contributed by atoms with E-state index in [0.29, 0.717) is 12.6 Å². The van der Waals surface area contributed by atoms with Crippen molar-refractivity contribution in [2.45, 2.75) is 31.8 Å². The van der Waals surface area contributed by atoms with Gasteiger partial charge < -0.3 is 19.7 Å². The third kappa shape index (κ3) is 6.23. The van der Waals surface area contributed by atoms with Crippen LogP contribution in [0.15, 0.2) is 24.3 Å². The van der Waals surface area contributed by atoms with Crippen molar-refractivity contribution in [3.05, 3.63) is 29.8 Å². The quantitative estimate of drug-likeness (QED) is 0.560. The van der Waals surface area contributed by atoms with Crippen molar-refractivity contribution in [1.82, 2.24) is 10.2 Å². The number of rotatable bonds is 9. The second kappa shape index (κ2) is 10.3. The Kier molecular flexibility index (Phi) is 7.96. The molecule has 0 spiro atoms. The molecule has 2 rings (SSSR count). The molecule has 0 atom stereocenters. The highest BCUT2D eigenvalue weighted by atomic mass is 16.5. The Morgan fingerprint density at radius 3 is 2.83 bits per heavy atom. The number of methoxy groups -OCH3 is 1. The van der Waals surface area contributed by atoms with Crippen molar-refractivity contribution in [1.29, 1.82) is 0 Å². The molecule has 1 N–H and O–H groups in total. The van der Waals surface area contributed by atoms with Crippen LogP contribution in [0.1, 0.15) is 24.8 Å². The van der Waals surface area contributed by atoms with E-state index in [-0.39, 0.29) is 0 Å². The predicted molar refractivity (Wildman–Crippen MR) is 93.6 cm³/mol. The summed E-state index contributed by atoms with van der Waals surface area (Å²) in [6, 6.07) is 8.67. The van der Waals surface area contributed by atoms with Gasteiger partial charge in [0.25, 0.3) is 0 Å². The summed E-state index contributed by atoms with van der Waals surface area (Å²) in [6.07, 6.45) is 8.78. The Morgan fingerprint density at radius 2 is 2.09 bits per heavy atom. The molecule has 1 fully saturated rings. The first-order valence-corrected chi connectivity index (χ1v) is 8.42. The molecule has 0 saturated carbocycles. The van der Waals surface area contributed by atoms with Crippen LogP contribution in [0.3, 0.4) is 0 Å². The Morgan fingerprint density at radius 1 is 1.30 bits per heavy atom. The van der Waals surface area contributed by atoms with Crippen molar-refractivity contribution in [2.24, 2.45) is 0 Å². The summed E-state index contributed by atoms with van der Waals surface area (Å²) in [6.45, 7) is 5.47. The normalized spacial score (nSPS) is 16.2. The molecular formula is C19H28N2O2. The molecule has 1 saturated heterocycles. The van der Waals surface area contributed by atoms with Crippen molar-refractivity contribution in [2.75, 3.05) is 40.0 Å². The zero-order chi connectivity index (χ0) is 16.3. The van der Waals surface area contributed by atoms with Gasteiger partial charge in [0.2, 0.25) is 0 Å². The number of hydrogen-bond acceptors (Lipinski definition) is 4. The van der Waals surface area contributed by atoms with Gasteiger partial charge in [-0.2, -0.15) is 0 Å². The minimum absolute atomic E-state index is 0.316. The number of terminal acetylenes is 1. The van der Waals surface area contributed by atoms with Crippen molar-refractivity contribution in [3.63, 3.8) is 0 Å². The van der Waals surface area contributed by atoms with Crippen molar-refractivity contribution in [3.8, 4) is 18.1 Å². The lowest BCUT2D eigenvalue weighted by atomic mass is 10.0. The zero-order valence-electron chi connectivity index (χ0n) is 14.1. The van der Waals surface area contributed by atoms with Crippen LogP contribution in [0.4, 0.5) is 0 Å². The van der Waals surface area contributed by atoms with E-state index < -0.39 is 0 Å². The van der Waals surface area contributed by atoms with Gasteiger partial charge >= 0.3 is 0 Å². The van der Waals surface area contributed by atoms with Gasteiger partial charge in [0.1, 0.15) is 12.4 Å². The highest BCUT2D eigenvalue weighted by Gasteiger charge is 2.18. The molecule has 0 amide bonds. The smallest absolute Gasteiger partial charge is 0.148 e. The lowest BCUT2D eigenvalue weighted by molar-refractivity contribution is 0.152. The maximum absolute atomic E-state index is 5.60. The topological polar surface area (TPSA) is 33.7 Å². The number of hydrogen-bond donors (Lipinski definition) is 1. The number of benzene rings is 1. The summed E-state index contributed by atoms with van der Waals surface area (Å²) in [4.78, 5) is 2.53. The van der Waals surface area contributed by atoms with Gasteiger partial charge in [-0.3, -0.25) is 0 Å². The Bertz CT molecular complexity index is 490. The third-order valence-electron chi connectivity index (χ3n) is 4.28. The largest absolute Gasteiger partial charge is 0.481 e. The van der Waals surface area contributed by atoms with E-state index in [1.54, 1.807) is 7.11 Å². The summed E-state index contributed by atoms with van der Waals surface area (Å²) in [5.74, 6) is 3.40. The van der Waals surface area contributed by atoms with E-state index >= 15 is 0 Å². The molecular weight excluding hydrogens is 288 g/mol. The van der Waals surface area contributed by atoms with E-state index in [4.69, 9.17) is 15.9 Å². The number of nitrogens with zero attached hydrogens (tertiary/aromatic N) is 1. The average Bonchev–Trinajstić information content (AvgIpc) is 2.60. The van der Waals surface area contributed by atoms with E-state index in [1.165, 1.54) is 18.4 Å². The molecule has 0 aromatic heterocycles. The summed E-state index contributed by atoms with van der Waals surface area (Å²) < 4.78 is 10.7. The second-order valence-corrected chi connectivity index (χ2v) is 5.94. The monoisotopic (exact) mass is 316 g/mol. The van der Waals surface area contributed by atoms with Crippen LogP contribution in [-0.4, -0.2) is 50.9 Å². The van der Waals surface area contributed by atoms with Gasteiger partial charge in [0.15, 0.2) is 0 Å². The van der Waals surface area contributed by atoms with E-state index in [1.807, 2.05) is 18.2 Å². The lowest BCUT2D eigenvalue weighted by Gasteiger charge is -2.32. The summed E-state index contributed by atoms with van der Waals surface area (Å²) in [5.41, 5.74) is 1.17. The number of piperidine rings is 1. The minimum Gasteiger partial charge on any atom is -0.481 e. The van der Waals surface area contributed by atoms with Crippen molar-refractivity contribution < 1.29 is 9.47 Å². The second-order valence-electron chi connectivity index (χ2n) is 5.94. The molecule has 126 valence electrons. The maximum Gasteiger partial charge on any atom is 0.148 e. The molecule has 4 nitrogen and oxygen atoms in total. The standard InChI is InChI=1S/C19H28N2O2/c1-3-14-23-19-8-5-4-7-17(19)16-20-18-9-12-21(13-10-18)11-6-15-22-2/h1,4-5,7-8,18,20H,6,9-16H2,2H3. The van der Waals surface area contributed by atoms with Crippen LogP contribution < -0.4 is 10.1 Å². The van der Waals surface area contributed by atoms with Crippen LogP contribution in [0.25, 0.3) is 0 Å². The number of likely N-dealkylation sites (tertiary alicyclic amines) is 1. The van der Waals surface area contributed by atoms with E-state index in [2.05, 4.69) is 22.2 Å². The first kappa shape index (κ1) is 17.8. The minimum atomic E-state index is 0.316. The fourth-order valence-corrected chi connectivity index (χ4v) is 2.96. The first-order valence-electron chi connectivity index (χ1n) is 8.42. The van der Waals surface area contributed by atoms with Gasteiger partial charge in [-0.15, -0.1) is 6.42 Å². The molecule has 4 heteroatoms. The van der Waals surface area contributed by atoms with E-state index in [0.717, 1.165) is 45.0 Å². The predicted octanol–water partition coefficient (Wildman–Crippen LogP) is 2.29. The molecule has 0 radical (unpaired) electrons. The number of para-hydroxylation sites is 1. The Hall–Kier alpha value is -1.54. The van der Waals surface area contributed by atoms with Crippen LogP contribution in [0, 0.1) is 12.3 Å². The maximum atomic E-state index is 5.60. The molecule has 0 aliphatic carbocycles. The van der Waals surface area contributed by atoms with Gasteiger partial charge in [-0.1, -0.05) is 24.1 Å². The fourth-order valence-electron chi connectivity index (χ4n) is 2.96. The van der Waals surface area contributed by atoms with Crippen LogP contribution in [0.2, 0.25) is 0 Å². The first-order chi connectivity index (χ1) is 11.3. The molecule has 23 heavy (non-hydrogen) atoms. The highest BCUT2D eigenvalue weighted by molar-refractivity contribution is 5.33. The lowest BCUT2D eigenvalue weighted by Crippen LogP contribution is -2.42. The number of ether oxygens (including phenoxy) is 2. The molecule has 0 unspecified atom stereocenters. The van der Waals surface area contributed by atoms with Gasteiger partial charge in [0.05, 0.1) is 0 Å². The van der Waals surface area contributed by atoms with Gasteiger partial charge in [-0.25, -0.2) is 0 Å². The SMILES string of the molecule is C#CCOc1ccccc1CNC1CCN(CCCOC)CC1. The van der Waals surface area contributed by atoms with Crippen molar-refractivity contribution >= 4 is 0 Å². The van der Waals surface area contributed by atoms with Gasteiger partial charge in [-0.05, 0) is 38.4 Å². The molecule has 1 aliphatic heterocycles. The molecule has 1 aromatic carbocycles. The molecule has 1 aromatic rings. The summed E-state index contributed by atoms with van der Waals surface area (Å²) in [5, 5.41) is 3.66. The average molecular weight is 316 g/mol.